The van der Waals surface area contributed by atoms with E-state index in [0.717, 1.165) is 0 Å². The second kappa shape index (κ2) is 10.3. The van der Waals surface area contributed by atoms with Gasteiger partial charge in [-0.3, -0.25) is 9.59 Å². The summed E-state index contributed by atoms with van der Waals surface area (Å²) in [6.07, 6.45) is 1.50. The number of carbonyl (C=O) groups excluding carboxylic acids is 2. The predicted molar refractivity (Wildman–Crippen MR) is 133 cm³/mol. The maximum absolute atomic E-state index is 13.0. The van der Waals surface area contributed by atoms with E-state index in [1.54, 1.807) is 68.4 Å². The largest absolute Gasteiger partial charge is 0.507 e. The second-order valence-electron chi connectivity index (χ2n) is 7.75. The molecule has 4 rings (SSSR count). The number of hydrogen-bond acceptors (Lipinski definition) is 6. The first-order valence-corrected chi connectivity index (χ1v) is 11.0. The molecule has 35 heavy (non-hydrogen) atoms. The highest BCUT2D eigenvalue weighted by Crippen LogP contribution is 2.33. The van der Waals surface area contributed by atoms with Crippen molar-refractivity contribution in [3.8, 4) is 17.2 Å². The number of nitrogens with one attached hydrogen (secondary N) is 2. The average Bonchev–Trinajstić information content (AvgIpc) is 3.32. The van der Waals surface area contributed by atoms with Crippen molar-refractivity contribution in [2.75, 3.05) is 6.79 Å². The maximum atomic E-state index is 13.0. The molecule has 0 fully saturated rings. The number of benzene rings is 3. The van der Waals surface area contributed by atoms with Gasteiger partial charge in [0.1, 0.15) is 11.4 Å². The number of aryl methyl sites for hydroxylation is 1. The maximum Gasteiger partial charge on any atom is 0.287 e. The number of aromatic hydroxyl groups is 1. The summed E-state index contributed by atoms with van der Waals surface area (Å²) in [6, 6.07) is 16.7. The molecule has 3 N–H and O–H groups in total. The summed E-state index contributed by atoms with van der Waals surface area (Å²) >= 11 is 6.16. The third kappa shape index (κ3) is 5.62. The number of hydrazone groups is 1. The van der Waals surface area contributed by atoms with Crippen LogP contribution in [0.15, 0.2) is 71.5 Å². The molecule has 3 aromatic carbocycles. The lowest BCUT2D eigenvalue weighted by Crippen LogP contribution is -2.33. The van der Waals surface area contributed by atoms with E-state index in [0.29, 0.717) is 44.5 Å². The van der Waals surface area contributed by atoms with Crippen LogP contribution in [0.4, 0.5) is 0 Å². The van der Waals surface area contributed by atoms with E-state index in [-0.39, 0.29) is 18.2 Å². The van der Waals surface area contributed by atoms with E-state index >= 15 is 0 Å². The van der Waals surface area contributed by atoms with Gasteiger partial charge in [0.15, 0.2) is 11.5 Å². The molecule has 1 heterocycles. The highest BCUT2D eigenvalue weighted by atomic mass is 35.5. The van der Waals surface area contributed by atoms with Gasteiger partial charge in [-0.25, -0.2) is 5.43 Å². The van der Waals surface area contributed by atoms with Gasteiger partial charge in [-0.2, -0.15) is 5.10 Å². The van der Waals surface area contributed by atoms with Crippen LogP contribution >= 0.6 is 11.6 Å². The van der Waals surface area contributed by atoms with Gasteiger partial charge < -0.3 is 19.9 Å². The molecule has 9 heteroatoms. The van der Waals surface area contributed by atoms with Crippen LogP contribution < -0.4 is 20.2 Å². The SMILES string of the molecule is C/C(=N\NC(=O)C(=Cc1ccc2c(c1)OCO2)NC(=O)c1ccccc1)c1cc(Cl)c(C)cc1O. The fourth-order valence-electron chi connectivity index (χ4n) is 3.32. The monoisotopic (exact) mass is 491 g/mol. The summed E-state index contributed by atoms with van der Waals surface area (Å²) in [6.45, 7) is 3.50. The smallest absolute Gasteiger partial charge is 0.287 e. The molecule has 0 radical (unpaired) electrons. The van der Waals surface area contributed by atoms with E-state index in [1.807, 2.05) is 0 Å². The number of rotatable bonds is 6. The molecule has 1 aliphatic rings. The Morgan fingerprint density at radius 1 is 1.06 bits per heavy atom. The first kappa shape index (κ1) is 23.8. The number of amides is 2. The van der Waals surface area contributed by atoms with Crippen LogP contribution in [0.5, 0.6) is 17.2 Å². The normalized spacial score (nSPS) is 12.9. The standard InChI is InChI=1S/C26H22ClN3O5/c1-15-10-22(31)19(13-20(15)27)16(2)29-30-26(33)21(28-25(32)18-6-4-3-5-7-18)11-17-8-9-23-24(12-17)35-14-34-23/h3-13,31H,14H2,1-2H3,(H,28,32)(H,30,33)/b21-11?,29-16+. The van der Waals surface area contributed by atoms with E-state index < -0.39 is 11.8 Å². The van der Waals surface area contributed by atoms with E-state index in [9.17, 15) is 14.7 Å². The van der Waals surface area contributed by atoms with Gasteiger partial charge in [0.05, 0.1) is 5.71 Å². The number of carbonyl (C=O) groups is 2. The van der Waals surface area contributed by atoms with Crippen molar-refractivity contribution in [1.29, 1.82) is 0 Å². The van der Waals surface area contributed by atoms with Crippen molar-refractivity contribution >= 4 is 35.2 Å². The number of ether oxygens (including phenoxy) is 2. The topological polar surface area (TPSA) is 109 Å². The Morgan fingerprint density at radius 2 is 1.80 bits per heavy atom. The lowest BCUT2D eigenvalue weighted by atomic mass is 10.1. The Labute approximate surface area is 206 Å². The number of fused-ring (bicyclic) bond motifs is 1. The summed E-state index contributed by atoms with van der Waals surface area (Å²) in [5, 5.41) is 17.4. The zero-order valence-corrected chi connectivity index (χ0v) is 19.7. The Morgan fingerprint density at radius 3 is 2.57 bits per heavy atom. The molecule has 0 saturated carbocycles. The fourth-order valence-corrected chi connectivity index (χ4v) is 3.49. The molecule has 178 valence electrons. The van der Waals surface area contributed by atoms with Crippen LogP contribution in [0.25, 0.3) is 6.08 Å². The van der Waals surface area contributed by atoms with E-state index in [1.165, 1.54) is 12.1 Å². The predicted octanol–water partition coefficient (Wildman–Crippen LogP) is 4.39. The van der Waals surface area contributed by atoms with Crippen molar-refractivity contribution in [3.63, 3.8) is 0 Å². The number of phenolic OH excluding ortho intramolecular Hbond substituents is 1. The molecule has 0 unspecified atom stereocenters. The Hall–Kier alpha value is -4.30. The first-order chi connectivity index (χ1) is 16.8. The van der Waals surface area contributed by atoms with Gasteiger partial charge in [-0.15, -0.1) is 0 Å². The summed E-state index contributed by atoms with van der Waals surface area (Å²) in [4.78, 5) is 25.8. The van der Waals surface area contributed by atoms with Crippen LogP contribution in [0.1, 0.15) is 34.0 Å². The molecular formula is C26H22ClN3O5. The van der Waals surface area contributed by atoms with Gasteiger partial charge in [0, 0.05) is 16.1 Å². The highest BCUT2D eigenvalue weighted by molar-refractivity contribution is 6.31. The van der Waals surface area contributed by atoms with Crippen molar-refractivity contribution in [2.24, 2.45) is 5.10 Å². The first-order valence-electron chi connectivity index (χ1n) is 10.6. The minimum atomic E-state index is -0.663. The van der Waals surface area contributed by atoms with Crippen LogP contribution in [0.2, 0.25) is 5.02 Å². The van der Waals surface area contributed by atoms with E-state index in [2.05, 4.69) is 15.8 Å². The number of nitrogens with zero attached hydrogens (tertiary/aromatic N) is 1. The highest BCUT2D eigenvalue weighted by Gasteiger charge is 2.17. The van der Waals surface area contributed by atoms with Crippen LogP contribution in [0, 0.1) is 6.92 Å². The summed E-state index contributed by atoms with van der Waals surface area (Å²) in [7, 11) is 0. The van der Waals surface area contributed by atoms with Gasteiger partial charge in [-0.05, 0) is 67.4 Å². The third-order valence-corrected chi connectivity index (χ3v) is 5.64. The molecule has 0 bridgehead atoms. The Balaban J connectivity index is 1.61. The fraction of sp³-hybridized carbons (Fsp3) is 0.115. The van der Waals surface area contributed by atoms with Crippen molar-refractivity contribution in [2.45, 2.75) is 13.8 Å². The lowest BCUT2D eigenvalue weighted by Gasteiger charge is -2.11. The Kier molecular flexibility index (Phi) is 7.03. The molecule has 0 saturated heterocycles. The molecule has 2 amide bonds. The van der Waals surface area contributed by atoms with Crippen molar-refractivity contribution in [3.05, 3.63) is 93.6 Å². The quantitative estimate of drug-likeness (QED) is 0.269. The molecule has 0 atom stereocenters. The number of phenols is 1. The lowest BCUT2D eigenvalue weighted by molar-refractivity contribution is -0.117. The van der Waals surface area contributed by atoms with Crippen LogP contribution in [-0.4, -0.2) is 29.4 Å². The zero-order valence-electron chi connectivity index (χ0n) is 19.0. The van der Waals surface area contributed by atoms with Crippen molar-refractivity contribution in [1.82, 2.24) is 10.7 Å². The molecule has 1 aliphatic heterocycles. The molecule has 0 spiro atoms. The zero-order chi connectivity index (χ0) is 24.9. The van der Waals surface area contributed by atoms with Gasteiger partial charge in [0.25, 0.3) is 11.8 Å². The number of halogens is 1. The van der Waals surface area contributed by atoms with Crippen LogP contribution in [-0.2, 0) is 4.79 Å². The minimum Gasteiger partial charge on any atom is -0.507 e. The summed E-state index contributed by atoms with van der Waals surface area (Å²) in [5.41, 5.74) is 4.79. The van der Waals surface area contributed by atoms with E-state index in [4.69, 9.17) is 21.1 Å². The molecule has 3 aromatic rings. The second-order valence-corrected chi connectivity index (χ2v) is 8.15. The molecule has 8 nitrogen and oxygen atoms in total. The Bertz CT molecular complexity index is 1350. The average molecular weight is 492 g/mol. The van der Waals surface area contributed by atoms with Gasteiger partial charge in [-0.1, -0.05) is 35.9 Å². The molecular weight excluding hydrogens is 470 g/mol. The third-order valence-electron chi connectivity index (χ3n) is 5.23. The minimum absolute atomic E-state index is 0.0177. The molecule has 0 aliphatic carbocycles. The number of hydrogen-bond donors (Lipinski definition) is 3. The van der Waals surface area contributed by atoms with Crippen molar-refractivity contribution < 1.29 is 24.2 Å². The van der Waals surface area contributed by atoms with Crippen LogP contribution in [0.3, 0.4) is 0 Å². The van der Waals surface area contributed by atoms with Gasteiger partial charge in [0.2, 0.25) is 6.79 Å². The summed E-state index contributed by atoms with van der Waals surface area (Å²) < 4.78 is 10.7. The molecule has 0 aromatic heterocycles. The summed E-state index contributed by atoms with van der Waals surface area (Å²) in [5.74, 6) is -0.0111. The van der Waals surface area contributed by atoms with Gasteiger partial charge >= 0.3 is 0 Å².